The van der Waals surface area contributed by atoms with Crippen LogP contribution >= 0.6 is 0 Å². The molecule has 0 bridgehead atoms. The van der Waals surface area contributed by atoms with E-state index in [2.05, 4.69) is 26.5 Å². The number of hydrogen-bond donors (Lipinski definition) is 1. The Morgan fingerprint density at radius 3 is 3.00 bits per heavy atom. The van der Waals surface area contributed by atoms with Crippen molar-refractivity contribution in [2.45, 2.75) is 6.92 Å². The quantitative estimate of drug-likeness (QED) is 0.765. The summed E-state index contributed by atoms with van der Waals surface area (Å²) >= 11 is 0. The van der Waals surface area contributed by atoms with Gasteiger partial charge in [-0.15, -0.1) is 0 Å². The Kier molecular flexibility index (Phi) is 2.37. The van der Waals surface area contributed by atoms with Crippen molar-refractivity contribution in [3.63, 3.8) is 0 Å². The molecule has 0 aliphatic carbocycles. The molecule has 0 aliphatic rings. The van der Waals surface area contributed by atoms with Gasteiger partial charge in [-0.2, -0.15) is 0 Å². The second-order valence-electron chi connectivity index (χ2n) is 3.61. The lowest BCUT2D eigenvalue weighted by atomic mass is 10.3. The SMILES string of the molecule is C=C(C)CN(C)c1ncnc2nc[nH]c12. The molecule has 15 heavy (non-hydrogen) atoms. The minimum Gasteiger partial charge on any atom is -0.354 e. The van der Waals surface area contributed by atoms with Gasteiger partial charge in [0.25, 0.3) is 0 Å². The van der Waals surface area contributed by atoms with Crippen LogP contribution in [0.5, 0.6) is 0 Å². The molecular weight excluding hydrogens is 190 g/mol. The van der Waals surface area contributed by atoms with Gasteiger partial charge in [0.05, 0.1) is 6.33 Å². The number of nitrogens with zero attached hydrogens (tertiary/aromatic N) is 4. The van der Waals surface area contributed by atoms with Gasteiger partial charge in [0.2, 0.25) is 0 Å². The number of H-pyrrole nitrogens is 1. The van der Waals surface area contributed by atoms with Crippen molar-refractivity contribution in [2.75, 3.05) is 18.5 Å². The van der Waals surface area contributed by atoms with E-state index in [1.54, 1.807) is 6.33 Å². The predicted molar refractivity (Wildman–Crippen MR) is 59.8 cm³/mol. The lowest BCUT2D eigenvalue weighted by molar-refractivity contribution is 0.953. The lowest BCUT2D eigenvalue weighted by Gasteiger charge is -2.17. The zero-order valence-electron chi connectivity index (χ0n) is 8.86. The van der Waals surface area contributed by atoms with Gasteiger partial charge in [0.1, 0.15) is 11.8 Å². The first kappa shape index (κ1) is 9.64. The highest BCUT2D eigenvalue weighted by Crippen LogP contribution is 2.18. The summed E-state index contributed by atoms with van der Waals surface area (Å²) in [5.74, 6) is 0.848. The Labute approximate surface area is 87.9 Å². The molecule has 0 aromatic carbocycles. The molecule has 0 spiro atoms. The molecule has 2 rings (SSSR count). The van der Waals surface area contributed by atoms with E-state index in [4.69, 9.17) is 0 Å². The Balaban J connectivity index is 2.42. The highest BCUT2D eigenvalue weighted by Gasteiger charge is 2.09. The number of nitrogens with one attached hydrogen (secondary N) is 1. The highest BCUT2D eigenvalue weighted by molar-refractivity contribution is 5.82. The fourth-order valence-corrected chi connectivity index (χ4v) is 1.52. The zero-order chi connectivity index (χ0) is 10.8. The van der Waals surface area contributed by atoms with Crippen LogP contribution < -0.4 is 4.90 Å². The monoisotopic (exact) mass is 203 g/mol. The van der Waals surface area contributed by atoms with Gasteiger partial charge in [-0.3, -0.25) is 0 Å². The van der Waals surface area contributed by atoms with Crippen LogP contribution in [0.2, 0.25) is 0 Å². The molecule has 1 N–H and O–H groups in total. The smallest absolute Gasteiger partial charge is 0.182 e. The summed E-state index contributed by atoms with van der Waals surface area (Å²) in [6.45, 7) is 6.63. The van der Waals surface area contributed by atoms with Gasteiger partial charge in [-0.05, 0) is 6.92 Å². The molecule has 5 heteroatoms. The van der Waals surface area contributed by atoms with Crippen LogP contribution in [0.3, 0.4) is 0 Å². The van der Waals surface area contributed by atoms with E-state index in [0.29, 0.717) is 5.65 Å². The Morgan fingerprint density at radius 1 is 1.47 bits per heavy atom. The van der Waals surface area contributed by atoms with Crippen LogP contribution in [-0.4, -0.2) is 33.5 Å². The highest BCUT2D eigenvalue weighted by atomic mass is 15.2. The molecule has 0 fully saturated rings. The lowest BCUT2D eigenvalue weighted by Crippen LogP contribution is -2.20. The minimum atomic E-state index is 0.688. The minimum absolute atomic E-state index is 0.688. The molecule has 2 aromatic heterocycles. The summed E-state index contributed by atoms with van der Waals surface area (Å²) < 4.78 is 0. The number of anilines is 1. The fourth-order valence-electron chi connectivity index (χ4n) is 1.52. The van der Waals surface area contributed by atoms with Crippen LogP contribution in [0, 0.1) is 0 Å². The standard InChI is InChI=1S/C10H13N5/c1-7(2)4-15(3)10-8-9(12-5-11-8)13-6-14-10/h5-6H,1,4H2,2-3H3,(H,11,12,13,14). The summed E-state index contributed by atoms with van der Waals surface area (Å²) in [5.41, 5.74) is 2.64. The molecule has 0 radical (unpaired) electrons. The summed E-state index contributed by atoms with van der Waals surface area (Å²) in [6, 6.07) is 0. The van der Waals surface area contributed by atoms with Gasteiger partial charge < -0.3 is 9.88 Å². The third-order valence-corrected chi connectivity index (χ3v) is 2.07. The van der Waals surface area contributed by atoms with E-state index in [1.807, 2.05) is 18.9 Å². The molecule has 2 heterocycles. The summed E-state index contributed by atoms with van der Waals surface area (Å²) in [6.07, 6.45) is 3.14. The van der Waals surface area contributed by atoms with Crippen molar-refractivity contribution in [2.24, 2.45) is 0 Å². The molecule has 0 saturated heterocycles. The van der Waals surface area contributed by atoms with Gasteiger partial charge in [0, 0.05) is 13.6 Å². The van der Waals surface area contributed by atoms with Crippen molar-refractivity contribution in [1.29, 1.82) is 0 Å². The molecule has 78 valence electrons. The van der Waals surface area contributed by atoms with Crippen LogP contribution in [-0.2, 0) is 0 Å². The Bertz CT molecular complexity index is 487. The normalized spacial score (nSPS) is 10.5. The molecule has 5 nitrogen and oxygen atoms in total. The summed E-state index contributed by atoms with van der Waals surface area (Å²) in [7, 11) is 1.97. The van der Waals surface area contributed by atoms with Gasteiger partial charge >= 0.3 is 0 Å². The number of fused-ring (bicyclic) bond motifs is 1. The van der Waals surface area contributed by atoms with Crippen LogP contribution in [0.25, 0.3) is 11.2 Å². The molecule has 0 amide bonds. The maximum absolute atomic E-state index is 4.23. The first-order valence-corrected chi connectivity index (χ1v) is 4.68. The van der Waals surface area contributed by atoms with E-state index in [9.17, 15) is 0 Å². The second-order valence-corrected chi connectivity index (χ2v) is 3.61. The van der Waals surface area contributed by atoms with Crippen molar-refractivity contribution >= 4 is 17.0 Å². The molecule has 0 atom stereocenters. The zero-order valence-corrected chi connectivity index (χ0v) is 8.86. The molecule has 0 aliphatic heterocycles. The number of aromatic nitrogens is 4. The number of hydrogen-bond acceptors (Lipinski definition) is 4. The molecule has 2 aromatic rings. The maximum Gasteiger partial charge on any atom is 0.182 e. The number of rotatable bonds is 3. The number of imidazole rings is 1. The third-order valence-electron chi connectivity index (χ3n) is 2.07. The average Bonchev–Trinajstić information content (AvgIpc) is 2.63. The summed E-state index contributed by atoms with van der Waals surface area (Å²) in [4.78, 5) is 17.4. The van der Waals surface area contributed by atoms with Gasteiger partial charge in [-0.25, -0.2) is 15.0 Å². The van der Waals surface area contributed by atoms with E-state index >= 15 is 0 Å². The summed E-state index contributed by atoms with van der Waals surface area (Å²) in [5, 5.41) is 0. The van der Waals surface area contributed by atoms with Crippen LogP contribution in [0.1, 0.15) is 6.92 Å². The van der Waals surface area contributed by atoms with Crippen molar-refractivity contribution in [3.05, 3.63) is 24.8 Å². The van der Waals surface area contributed by atoms with E-state index in [1.165, 1.54) is 6.33 Å². The van der Waals surface area contributed by atoms with Crippen molar-refractivity contribution in [3.8, 4) is 0 Å². The van der Waals surface area contributed by atoms with E-state index < -0.39 is 0 Å². The topological polar surface area (TPSA) is 57.7 Å². The first-order chi connectivity index (χ1) is 7.18. The van der Waals surface area contributed by atoms with E-state index in [-0.39, 0.29) is 0 Å². The van der Waals surface area contributed by atoms with E-state index in [0.717, 1.165) is 23.5 Å². The maximum atomic E-state index is 4.23. The molecule has 0 saturated carbocycles. The van der Waals surface area contributed by atoms with Crippen molar-refractivity contribution < 1.29 is 0 Å². The van der Waals surface area contributed by atoms with Crippen molar-refractivity contribution in [1.82, 2.24) is 19.9 Å². The Hall–Kier alpha value is -1.91. The third kappa shape index (κ3) is 1.81. The molecular formula is C10H13N5. The van der Waals surface area contributed by atoms with Crippen LogP contribution in [0.4, 0.5) is 5.82 Å². The van der Waals surface area contributed by atoms with Crippen LogP contribution in [0.15, 0.2) is 24.8 Å². The molecule has 0 unspecified atom stereocenters. The van der Waals surface area contributed by atoms with Gasteiger partial charge in [-0.1, -0.05) is 12.2 Å². The largest absolute Gasteiger partial charge is 0.354 e. The Morgan fingerprint density at radius 2 is 2.27 bits per heavy atom. The number of aromatic amines is 1. The number of likely N-dealkylation sites (N-methyl/N-ethyl adjacent to an activating group) is 1. The fraction of sp³-hybridized carbons (Fsp3) is 0.300. The van der Waals surface area contributed by atoms with Gasteiger partial charge in [0.15, 0.2) is 11.5 Å². The first-order valence-electron chi connectivity index (χ1n) is 4.68. The second kappa shape index (κ2) is 3.68. The predicted octanol–water partition coefficient (Wildman–Crippen LogP) is 1.37. The average molecular weight is 203 g/mol.